The van der Waals surface area contributed by atoms with E-state index in [4.69, 9.17) is 4.74 Å². The van der Waals surface area contributed by atoms with E-state index in [-0.39, 0.29) is 17.8 Å². The van der Waals surface area contributed by atoms with Crippen LogP contribution in [0.5, 0.6) is 5.75 Å². The van der Waals surface area contributed by atoms with E-state index in [1.165, 1.54) is 4.90 Å². The lowest BCUT2D eigenvalue weighted by Crippen LogP contribution is -2.48. The molecule has 6 nitrogen and oxygen atoms in total. The number of carbonyl (C=O) groups excluding carboxylic acids is 1. The highest BCUT2D eigenvalue weighted by Crippen LogP contribution is 2.11. The number of nitrogens with one attached hydrogen (secondary N) is 1. The van der Waals surface area contributed by atoms with Crippen molar-refractivity contribution in [3.8, 4) is 5.75 Å². The lowest BCUT2D eigenvalue weighted by molar-refractivity contribution is 0.187. The maximum atomic E-state index is 12.1. The standard InChI is InChI=1S/C16H26N2O4S/c1-12-6-8-15(9-7-12)22-10-13(2)17-16(19)18(4)14(3)11-23(5,20)21/h6-9,13-14H,10-11H2,1-5H3,(H,17,19)/t13-,14+/m1/s1. The minimum absolute atomic E-state index is 0.0643. The van der Waals surface area contributed by atoms with E-state index in [9.17, 15) is 13.2 Å². The number of urea groups is 1. The highest BCUT2D eigenvalue weighted by atomic mass is 32.2. The van der Waals surface area contributed by atoms with Gasteiger partial charge in [0, 0.05) is 19.3 Å². The molecule has 0 aliphatic rings. The molecule has 2 atom stereocenters. The van der Waals surface area contributed by atoms with Gasteiger partial charge in [-0.1, -0.05) is 17.7 Å². The van der Waals surface area contributed by atoms with Crippen molar-refractivity contribution in [1.29, 1.82) is 0 Å². The SMILES string of the molecule is Cc1ccc(OC[C@@H](C)NC(=O)N(C)[C@@H](C)CS(C)(=O)=O)cc1. The fraction of sp³-hybridized carbons (Fsp3) is 0.562. The Morgan fingerprint density at radius 2 is 1.83 bits per heavy atom. The molecular formula is C16H26N2O4S. The third kappa shape index (κ3) is 7.36. The summed E-state index contributed by atoms with van der Waals surface area (Å²) in [5.41, 5.74) is 1.15. The third-order valence-electron chi connectivity index (χ3n) is 3.42. The molecule has 0 saturated carbocycles. The topological polar surface area (TPSA) is 75.7 Å². The van der Waals surface area contributed by atoms with E-state index < -0.39 is 15.9 Å². The van der Waals surface area contributed by atoms with Gasteiger partial charge in [-0.05, 0) is 32.9 Å². The molecule has 0 saturated heterocycles. The van der Waals surface area contributed by atoms with Crippen molar-refractivity contribution in [2.75, 3.05) is 25.7 Å². The van der Waals surface area contributed by atoms with Crippen LogP contribution in [0, 0.1) is 6.92 Å². The average Bonchev–Trinajstić information content (AvgIpc) is 2.44. The Labute approximate surface area is 138 Å². The summed E-state index contributed by atoms with van der Waals surface area (Å²) in [6, 6.07) is 6.76. The molecule has 0 fully saturated rings. The van der Waals surface area contributed by atoms with E-state index in [1.54, 1.807) is 14.0 Å². The largest absolute Gasteiger partial charge is 0.491 e. The van der Waals surface area contributed by atoms with Crippen molar-refractivity contribution in [1.82, 2.24) is 10.2 Å². The van der Waals surface area contributed by atoms with Gasteiger partial charge in [-0.2, -0.15) is 0 Å². The summed E-state index contributed by atoms with van der Waals surface area (Å²) in [4.78, 5) is 13.5. The smallest absolute Gasteiger partial charge is 0.317 e. The van der Waals surface area contributed by atoms with Gasteiger partial charge < -0.3 is 15.0 Å². The molecule has 1 aromatic carbocycles. The number of hydrogen-bond acceptors (Lipinski definition) is 4. The summed E-state index contributed by atoms with van der Waals surface area (Å²) in [7, 11) is -1.54. The summed E-state index contributed by atoms with van der Waals surface area (Å²) in [5.74, 6) is 0.682. The summed E-state index contributed by atoms with van der Waals surface area (Å²) in [5, 5.41) is 2.80. The maximum absolute atomic E-state index is 12.1. The Balaban J connectivity index is 2.44. The summed E-state index contributed by atoms with van der Waals surface area (Å²) in [6.45, 7) is 5.87. The van der Waals surface area contributed by atoms with Crippen LogP contribution in [0.25, 0.3) is 0 Å². The number of rotatable bonds is 7. The zero-order chi connectivity index (χ0) is 17.6. The molecule has 0 unspecified atom stereocenters. The molecule has 23 heavy (non-hydrogen) atoms. The van der Waals surface area contributed by atoms with Gasteiger partial charge in [-0.25, -0.2) is 13.2 Å². The average molecular weight is 342 g/mol. The Kier molecular flexibility index (Phi) is 6.87. The normalized spacial score (nSPS) is 14.0. The summed E-state index contributed by atoms with van der Waals surface area (Å²) in [6.07, 6.45) is 1.16. The van der Waals surface area contributed by atoms with E-state index in [0.717, 1.165) is 17.6 Å². The molecule has 0 aromatic heterocycles. The molecule has 0 aliphatic carbocycles. The summed E-state index contributed by atoms with van der Waals surface area (Å²) >= 11 is 0. The highest BCUT2D eigenvalue weighted by Gasteiger charge is 2.20. The molecule has 0 spiro atoms. The number of carbonyl (C=O) groups is 1. The molecule has 1 rings (SSSR count). The maximum Gasteiger partial charge on any atom is 0.317 e. The monoisotopic (exact) mass is 342 g/mol. The first kappa shape index (κ1) is 19.3. The first-order chi connectivity index (χ1) is 10.6. The van der Waals surface area contributed by atoms with Crippen molar-refractivity contribution < 1.29 is 17.9 Å². The molecule has 7 heteroatoms. The quantitative estimate of drug-likeness (QED) is 0.820. The Hall–Kier alpha value is -1.76. The van der Waals surface area contributed by atoms with Gasteiger partial charge in [-0.15, -0.1) is 0 Å². The number of ether oxygens (including phenoxy) is 1. The molecule has 0 radical (unpaired) electrons. The number of nitrogens with zero attached hydrogens (tertiary/aromatic N) is 1. The highest BCUT2D eigenvalue weighted by molar-refractivity contribution is 7.90. The van der Waals surface area contributed by atoms with E-state index in [2.05, 4.69) is 5.32 Å². The van der Waals surface area contributed by atoms with Gasteiger partial charge in [-0.3, -0.25) is 0 Å². The van der Waals surface area contributed by atoms with Gasteiger partial charge in [0.25, 0.3) is 0 Å². The van der Waals surface area contributed by atoms with Crippen molar-refractivity contribution in [2.45, 2.75) is 32.9 Å². The molecular weight excluding hydrogens is 316 g/mol. The van der Waals surface area contributed by atoms with Gasteiger partial charge in [0.05, 0.1) is 11.8 Å². The van der Waals surface area contributed by atoms with Crippen LogP contribution >= 0.6 is 0 Å². The van der Waals surface area contributed by atoms with Crippen LogP contribution in [0.2, 0.25) is 0 Å². The Morgan fingerprint density at radius 3 is 2.35 bits per heavy atom. The van der Waals surface area contributed by atoms with E-state index in [1.807, 2.05) is 38.1 Å². The molecule has 1 N–H and O–H groups in total. The van der Waals surface area contributed by atoms with Gasteiger partial charge >= 0.3 is 6.03 Å². The predicted octanol–water partition coefficient (Wildman–Crippen LogP) is 1.84. The van der Waals surface area contributed by atoms with Crippen LogP contribution in [0.1, 0.15) is 19.4 Å². The second-order valence-corrected chi connectivity index (χ2v) is 8.21. The Bertz CT molecular complexity index is 613. The molecule has 1 aromatic rings. The Morgan fingerprint density at radius 1 is 1.26 bits per heavy atom. The first-order valence-electron chi connectivity index (χ1n) is 7.49. The van der Waals surface area contributed by atoms with E-state index in [0.29, 0.717) is 6.61 Å². The van der Waals surface area contributed by atoms with Crippen LogP contribution in [-0.4, -0.2) is 57.1 Å². The van der Waals surface area contributed by atoms with Crippen LogP contribution < -0.4 is 10.1 Å². The zero-order valence-electron chi connectivity index (χ0n) is 14.4. The number of hydrogen-bond donors (Lipinski definition) is 1. The predicted molar refractivity (Wildman–Crippen MR) is 91.6 cm³/mol. The second-order valence-electron chi connectivity index (χ2n) is 6.03. The van der Waals surface area contributed by atoms with Crippen LogP contribution in [0.15, 0.2) is 24.3 Å². The molecule has 0 bridgehead atoms. The number of aryl methyl sites for hydroxylation is 1. The van der Waals surface area contributed by atoms with Crippen LogP contribution in [-0.2, 0) is 9.84 Å². The number of amides is 2. The van der Waals surface area contributed by atoms with Crippen LogP contribution in [0.4, 0.5) is 4.79 Å². The van der Waals surface area contributed by atoms with Gasteiger partial charge in [0.2, 0.25) is 0 Å². The fourth-order valence-electron chi connectivity index (χ4n) is 1.96. The van der Waals surface area contributed by atoms with Crippen molar-refractivity contribution >= 4 is 15.9 Å². The lowest BCUT2D eigenvalue weighted by Gasteiger charge is -2.26. The number of benzene rings is 1. The molecule has 0 aliphatic heterocycles. The molecule has 0 heterocycles. The number of sulfone groups is 1. The minimum atomic E-state index is -3.13. The van der Waals surface area contributed by atoms with E-state index >= 15 is 0 Å². The van der Waals surface area contributed by atoms with Crippen molar-refractivity contribution in [2.24, 2.45) is 0 Å². The zero-order valence-corrected chi connectivity index (χ0v) is 15.2. The third-order valence-corrected chi connectivity index (χ3v) is 4.50. The molecule has 130 valence electrons. The molecule has 2 amide bonds. The minimum Gasteiger partial charge on any atom is -0.491 e. The fourth-order valence-corrected chi connectivity index (χ4v) is 3.06. The second kappa shape index (κ2) is 8.19. The lowest BCUT2D eigenvalue weighted by atomic mass is 10.2. The van der Waals surface area contributed by atoms with Gasteiger partial charge in [0.15, 0.2) is 0 Å². The first-order valence-corrected chi connectivity index (χ1v) is 9.55. The summed E-state index contributed by atoms with van der Waals surface area (Å²) < 4.78 is 28.2. The van der Waals surface area contributed by atoms with Crippen molar-refractivity contribution in [3.63, 3.8) is 0 Å². The van der Waals surface area contributed by atoms with Gasteiger partial charge in [0.1, 0.15) is 22.2 Å². The van der Waals surface area contributed by atoms with Crippen LogP contribution in [0.3, 0.4) is 0 Å². The van der Waals surface area contributed by atoms with Crippen molar-refractivity contribution in [3.05, 3.63) is 29.8 Å².